The van der Waals surface area contributed by atoms with Crippen LogP contribution < -0.4 is 9.47 Å². The molecular weight excluding hydrogens is 671 g/mol. The largest absolute Gasteiger partial charge is 0.494 e. The summed E-state index contributed by atoms with van der Waals surface area (Å²) in [5, 5.41) is 0. The van der Waals surface area contributed by atoms with Gasteiger partial charge in [-0.15, -0.1) is 0 Å². The molecule has 0 atom stereocenters. The summed E-state index contributed by atoms with van der Waals surface area (Å²) in [5.41, 5.74) is 0.610. The fourth-order valence-corrected chi connectivity index (χ4v) is 4.10. The van der Waals surface area contributed by atoms with Gasteiger partial charge in [-0.25, -0.2) is 9.59 Å². The summed E-state index contributed by atoms with van der Waals surface area (Å²) in [6.45, 7) is 0.0439. The maximum Gasteiger partial charge on any atom is 0.460 e. The Kier molecular flexibility index (Phi) is 13.2. The van der Waals surface area contributed by atoms with Crippen molar-refractivity contribution >= 4 is 11.9 Å². The standard InChI is InChI=1S/C35H31F9O5/c1-2-3-4-5-6-7-22-47-28-18-10-24(11-19-28)8-9-25-12-20-29(21-13-25)49-31(46)27-16-14-26(15-17-27)30(45)48-23-32(36,37)33(38,39)34(40,41)35(42,43)44/h10-21H,2-7,22-23H2,1H3. The zero-order valence-corrected chi connectivity index (χ0v) is 26.0. The number of carbonyl (C=O) groups excluding carboxylic acids is 2. The first-order valence-electron chi connectivity index (χ1n) is 15.0. The minimum atomic E-state index is -7.11. The third kappa shape index (κ3) is 10.4. The topological polar surface area (TPSA) is 61.8 Å². The van der Waals surface area contributed by atoms with Gasteiger partial charge in [-0.1, -0.05) is 50.9 Å². The van der Waals surface area contributed by atoms with Crippen LogP contribution in [0.2, 0.25) is 0 Å². The van der Waals surface area contributed by atoms with E-state index in [0.717, 1.165) is 48.4 Å². The second kappa shape index (κ2) is 16.6. The normalized spacial score (nSPS) is 12.1. The van der Waals surface area contributed by atoms with Crippen LogP contribution in [0.25, 0.3) is 0 Å². The highest BCUT2D eigenvalue weighted by molar-refractivity contribution is 5.94. The summed E-state index contributed by atoms with van der Waals surface area (Å²) in [7, 11) is 0. The second-order valence-corrected chi connectivity index (χ2v) is 10.8. The Morgan fingerprint density at radius 3 is 1.57 bits per heavy atom. The molecule has 3 aromatic carbocycles. The Hall–Kier alpha value is -4.67. The number of rotatable bonds is 15. The lowest BCUT2D eigenvalue weighted by Gasteiger charge is -2.33. The van der Waals surface area contributed by atoms with E-state index in [-0.39, 0.29) is 11.3 Å². The molecule has 0 aromatic heterocycles. The lowest BCUT2D eigenvalue weighted by Crippen LogP contribution is -2.62. The van der Waals surface area contributed by atoms with E-state index in [1.165, 1.54) is 37.8 Å². The van der Waals surface area contributed by atoms with E-state index in [4.69, 9.17) is 9.47 Å². The van der Waals surface area contributed by atoms with Crippen molar-refractivity contribution in [1.29, 1.82) is 0 Å². The lowest BCUT2D eigenvalue weighted by atomic mass is 10.0. The molecule has 0 saturated carbocycles. The summed E-state index contributed by atoms with van der Waals surface area (Å²) in [5.74, 6) is -15.9. The summed E-state index contributed by atoms with van der Waals surface area (Å²) in [6.07, 6.45) is 0.0341. The van der Waals surface area contributed by atoms with Crippen LogP contribution in [0.1, 0.15) is 77.3 Å². The van der Waals surface area contributed by atoms with Gasteiger partial charge in [-0.2, -0.15) is 39.5 Å². The number of carbonyl (C=O) groups is 2. The summed E-state index contributed by atoms with van der Waals surface area (Å²) in [4.78, 5) is 24.4. The van der Waals surface area contributed by atoms with Crippen LogP contribution in [0.5, 0.6) is 11.5 Å². The Balaban J connectivity index is 1.50. The van der Waals surface area contributed by atoms with Crippen LogP contribution in [0.4, 0.5) is 39.5 Å². The van der Waals surface area contributed by atoms with Crippen LogP contribution in [-0.4, -0.2) is 49.1 Å². The van der Waals surface area contributed by atoms with Crippen molar-refractivity contribution in [2.24, 2.45) is 0 Å². The van der Waals surface area contributed by atoms with E-state index in [9.17, 15) is 49.1 Å². The van der Waals surface area contributed by atoms with Gasteiger partial charge in [-0.05, 0) is 79.2 Å². The summed E-state index contributed by atoms with van der Waals surface area (Å²) < 4.78 is 132. The highest BCUT2D eigenvalue weighted by Crippen LogP contribution is 2.53. The van der Waals surface area contributed by atoms with Crippen molar-refractivity contribution in [1.82, 2.24) is 0 Å². The van der Waals surface area contributed by atoms with Crippen molar-refractivity contribution in [2.45, 2.75) is 69.4 Å². The first-order chi connectivity index (χ1) is 23.0. The lowest BCUT2D eigenvalue weighted by molar-refractivity contribution is -0.398. The number of halogens is 9. The minimum Gasteiger partial charge on any atom is -0.494 e. The molecule has 3 rings (SSSR count). The van der Waals surface area contributed by atoms with Crippen LogP contribution in [0.3, 0.4) is 0 Å². The maximum atomic E-state index is 13.6. The fraction of sp³-hybridized carbons (Fsp3) is 0.371. The third-order valence-corrected chi connectivity index (χ3v) is 6.99. The zero-order valence-electron chi connectivity index (χ0n) is 26.0. The number of benzene rings is 3. The molecule has 0 saturated heterocycles. The van der Waals surface area contributed by atoms with Gasteiger partial charge in [0.2, 0.25) is 0 Å². The van der Waals surface area contributed by atoms with Crippen LogP contribution in [0, 0.1) is 11.8 Å². The molecule has 5 nitrogen and oxygen atoms in total. The first-order valence-corrected chi connectivity index (χ1v) is 15.0. The van der Waals surface area contributed by atoms with Crippen molar-refractivity contribution in [3.05, 3.63) is 95.1 Å². The van der Waals surface area contributed by atoms with Crippen molar-refractivity contribution < 1.29 is 63.3 Å². The van der Waals surface area contributed by atoms with E-state index in [1.54, 1.807) is 12.1 Å². The summed E-state index contributed by atoms with van der Waals surface area (Å²) in [6, 6.07) is 17.1. The molecule has 0 aliphatic rings. The molecule has 0 N–H and O–H groups in total. The number of ether oxygens (including phenoxy) is 3. The van der Waals surface area contributed by atoms with E-state index in [0.29, 0.717) is 12.2 Å². The molecule has 0 aliphatic carbocycles. The molecular formula is C35H31F9O5. The van der Waals surface area contributed by atoms with E-state index < -0.39 is 48.1 Å². The molecule has 264 valence electrons. The predicted octanol–water partition coefficient (Wildman–Crippen LogP) is 9.67. The summed E-state index contributed by atoms with van der Waals surface area (Å²) >= 11 is 0. The number of alkyl halides is 9. The fourth-order valence-electron chi connectivity index (χ4n) is 4.10. The molecule has 0 aliphatic heterocycles. The number of esters is 2. The highest BCUT2D eigenvalue weighted by Gasteiger charge is 2.82. The van der Waals surface area contributed by atoms with Gasteiger partial charge in [0.25, 0.3) is 0 Å². The molecule has 0 fully saturated rings. The Morgan fingerprint density at radius 2 is 1.06 bits per heavy atom. The quantitative estimate of drug-likeness (QED) is 0.0519. The number of hydrogen-bond acceptors (Lipinski definition) is 5. The van der Waals surface area contributed by atoms with Gasteiger partial charge in [0, 0.05) is 11.1 Å². The molecule has 0 spiro atoms. The molecule has 0 radical (unpaired) electrons. The zero-order chi connectivity index (χ0) is 36.3. The Morgan fingerprint density at radius 1 is 0.592 bits per heavy atom. The monoisotopic (exact) mass is 702 g/mol. The van der Waals surface area contributed by atoms with Crippen LogP contribution in [0.15, 0.2) is 72.8 Å². The number of hydrogen-bond donors (Lipinski definition) is 0. The Bertz CT molecular complexity index is 1590. The van der Waals surface area contributed by atoms with Crippen molar-refractivity contribution in [2.75, 3.05) is 13.2 Å². The highest BCUT2D eigenvalue weighted by atomic mass is 19.4. The van der Waals surface area contributed by atoms with Gasteiger partial charge in [0.05, 0.1) is 17.7 Å². The molecule has 0 heterocycles. The van der Waals surface area contributed by atoms with Gasteiger partial charge < -0.3 is 14.2 Å². The molecule has 49 heavy (non-hydrogen) atoms. The predicted molar refractivity (Wildman–Crippen MR) is 160 cm³/mol. The minimum absolute atomic E-state index is 0.115. The molecule has 0 unspecified atom stereocenters. The SMILES string of the molecule is CCCCCCCCOc1ccc(C#Cc2ccc(OC(=O)c3ccc(C(=O)OCC(F)(F)C(F)(F)C(F)(F)C(F)(F)F)cc3)cc2)cc1. The molecule has 14 heteroatoms. The van der Waals surface area contributed by atoms with Gasteiger partial charge >= 0.3 is 35.9 Å². The Labute approximate surface area is 276 Å². The van der Waals surface area contributed by atoms with Crippen LogP contribution >= 0.6 is 0 Å². The van der Waals surface area contributed by atoms with Crippen molar-refractivity contribution in [3.63, 3.8) is 0 Å². The van der Waals surface area contributed by atoms with E-state index in [2.05, 4.69) is 23.5 Å². The number of unbranched alkanes of at least 4 members (excludes halogenated alkanes) is 5. The average Bonchev–Trinajstić information content (AvgIpc) is 3.06. The van der Waals surface area contributed by atoms with Gasteiger partial charge in [0.15, 0.2) is 6.61 Å². The molecule has 3 aromatic rings. The maximum absolute atomic E-state index is 13.6. The second-order valence-electron chi connectivity index (χ2n) is 10.8. The van der Waals surface area contributed by atoms with Gasteiger partial charge in [-0.3, -0.25) is 0 Å². The first kappa shape index (κ1) is 38.8. The van der Waals surface area contributed by atoms with E-state index >= 15 is 0 Å². The van der Waals surface area contributed by atoms with Crippen LogP contribution in [-0.2, 0) is 4.74 Å². The van der Waals surface area contributed by atoms with E-state index in [1.807, 2.05) is 24.3 Å². The van der Waals surface area contributed by atoms with Gasteiger partial charge in [0.1, 0.15) is 11.5 Å². The molecule has 0 amide bonds. The van der Waals surface area contributed by atoms with Crippen molar-refractivity contribution in [3.8, 4) is 23.3 Å². The third-order valence-electron chi connectivity index (χ3n) is 6.99. The smallest absolute Gasteiger partial charge is 0.460 e. The molecule has 0 bridgehead atoms. The average molecular weight is 703 g/mol.